The maximum Gasteiger partial charge on any atom is 0.335 e. The van der Waals surface area contributed by atoms with E-state index in [4.69, 9.17) is 5.11 Å². The van der Waals surface area contributed by atoms with Gasteiger partial charge in [-0.05, 0) is 30.2 Å². The van der Waals surface area contributed by atoms with Gasteiger partial charge in [0.1, 0.15) is 0 Å². The zero-order valence-electron chi connectivity index (χ0n) is 11.0. The molecule has 1 aromatic heterocycles. The number of hydrogen-bond donors (Lipinski definition) is 2. The second-order valence-corrected chi connectivity index (χ2v) is 4.98. The van der Waals surface area contributed by atoms with Gasteiger partial charge in [0, 0.05) is 18.0 Å². The number of aromatic nitrogens is 1. The Morgan fingerprint density at radius 1 is 1.29 bits per heavy atom. The predicted octanol–water partition coefficient (Wildman–Crippen LogP) is 1.45. The van der Waals surface area contributed by atoms with Gasteiger partial charge in [0.2, 0.25) is 11.8 Å². The summed E-state index contributed by atoms with van der Waals surface area (Å²) in [6.07, 6.45) is 2.34. The van der Waals surface area contributed by atoms with Crippen molar-refractivity contribution in [2.45, 2.75) is 18.8 Å². The van der Waals surface area contributed by atoms with Gasteiger partial charge < -0.3 is 5.11 Å². The summed E-state index contributed by atoms with van der Waals surface area (Å²) in [6.45, 7) is 0. The van der Waals surface area contributed by atoms with E-state index in [1.54, 1.807) is 12.3 Å². The van der Waals surface area contributed by atoms with Gasteiger partial charge in [-0.1, -0.05) is 6.07 Å². The van der Waals surface area contributed by atoms with Crippen LogP contribution in [0.4, 0.5) is 0 Å². The summed E-state index contributed by atoms with van der Waals surface area (Å²) < 4.78 is 0. The Labute approximate surface area is 119 Å². The molecule has 2 heterocycles. The number of rotatable bonds is 2. The molecule has 106 valence electrons. The lowest BCUT2D eigenvalue weighted by Gasteiger charge is -2.21. The first-order valence-electron chi connectivity index (χ1n) is 6.51. The first kappa shape index (κ1) is 13.2. The molecular weight excluding hydrogens is 272 g/mol. The highest BCUT2D eigenvalue weighted by molar-refractivity contribution is 6.01. The molecule has 6 nitrogen and oxygen atoms in total. The van der Waals surface area contributed by atoms with E-state index >= 15 is 0 Å². The molecule has 1 atom stereocenters. The molecular formula is C15H12N2O4. The SMILES string of the molecule is O=C1CCC(c2cnc3cc(C(=O)O)ccc3c2)C(=O)N1. The number of carbonyl (C=O) groups excluding carboxylic acids is 2. The molecule has 1 saturated heterocycles. The Morgan fingerprint density at radius 2 is 2.10 bits per heavy atom. The van der Waals surface area contributed by atoms with Crippen molar-refractivity contribution in [3.05, 3.63) is 41.6 Å². The summed E-state index contributed by atoms with van der Waals surface area (Å²) in [7, 11) is 0. The summed E-state index contributed by atoms with van der Waals surface area (Å²) in [5, 5.41) is 12.0. The second-order valence-electron chi connectivity index (χ2n) is 4.98. The third kappa shape index (κ3) is 2.47. The van der Waals surface area contributed by atoms with Crippen LogP contribution in [0.5, 0.6) is 0 Å². The summed E-state index contributed by atoms with van der Waals surface area (Å²) in [4.78, 5) is 38.2. The van der Waals surface area contributed by atoms with Gasteiger partial charge in [-0.3, -0.25) is 19.9 Å². The first-order valence-corrected chi connectivity index (χ1v) is 6.51. The van der Waals surface area contributed by atoms with Crippen molar-refractivity contribution in [1.82, 2.24) is 10.3 Å². The lowest BCUT2D eigenvalue weighted by atomic mass is 9.91. The van der Waals surface area contributed by atoms with E-state index < -0.39 is 11.9 Å². The molecule has 0 saturated carbocycles. The number of carbonyl (C=O) groups is 3. The molecule has 1 aliphatic heterocycles. The number of amides is 2. The maximum absolute atomic E-state index is 11.8. The molecule has 1 aromatic carbocycles. The van der Waals surface area contributed by atoms with Crippen LogP contribution in [0.2, 0.25) is 0 Å². The standard InChI is InChI=1S/C15H12N2O4/c18-13-4-3-11(14(19)17-13)10-5-8-1-2-9(15(20)21)6-12(8)16-7-10/h1-2,5-7,11H,3-4H2,(H,20,21)(H,17,18,19). The fourth-order valence-corrected chi connectivity index (χ4v) is 2.47. The van der Waals surface area contributed by atoms with Crippen LogP contribution in [0.25, 0.3) is 10.9 Å². The lowest BCUT2D eigenvalue weighted by molar-refractivity contribution is -0.134. The monoisotopic (exact) mass is 284 g/mol. The zero-order chi connectivity index (χ0) is 15.0. The summed E-state index contributed by atoms with van der Waals surface area (Å²) >= 11 is 0. The van der Waals surface area contributed by atoms with Crippen molar-refractivity contribution in [2.24, 2.45) is 0 Å². The van der Waals surface area contributed by atoms with Crippen molar-refractivity contribution in [3.63, 3.8) is 0 Å². The highest BCUT2D eigenvalue weighted by atomic mass is 16.4. The average molecular weight is 284 g/mol. The number of aromatic carboxylic acids is 1. The first-order chi connectivity index (χ1) is 10.0. The van der Waals surface area contributed by atoms with E-state index in [0.717, 1.165) is 10.9 Å². The second kappa shape index (κ2) is 4.97. The van der Waals surface area contributed by atoms with Gasteiger partial charge in [-0.15, -0.1) is 0 Å². The van der Waals surface area contributed by atoms with Crippen LogP contribution in [-0.2, 0) is 9.59 Å². The van der Waals surface area contributed by atoms with Crippen LogP contribution in [0.15, 0.2) is 30.5 Å². The number of imide groups is 1. The van der Waals surface area contributed by atoms with E-state index in [-0.39, 0.29) is 17.4 Å². The number of hydrogen-bond acceptors (Lipinski definition) is 4. The molecule has 1 unspecified atom stereocenters. The van der Waals surface area contributed by atoms with Gasteiger partial charge in [0.25, 0.3) is 0 Å². The highest BCUT2D eigenvalue weighted by Crippen LogP contribution is 2.26. The number of nitrogens with zero attached hydrogens (tertiary/aromatic N) is 1. The molecule has 2 amide bonds. The van der Waals surface area contributed by atoms with Gasteiger partial charge in [0.05, 0.1) is 17.0 Å². The number of carboxylic acids is 1. The van der Waals surface area contributed by atoms with Crippen molar-refractivity contribution < 1.29 is 19.5 Å². The number of pyridine rings is 1. The predicted molar refractivity (Wildman–Crippen MR) is 73.8 cm³/mol. The van der Waals surface area contributed by atoms with E-state index in [1.807, 2.05) is 6.07 Å². The minimum absolute atomic E-state index is 0.170. The quantitative estimate of drug-likeness (QED) is 0.814. The van der Waals surface area contributed by atoms with Crippen LogP contribution < -0.4 is 5.32 Å². The largest absolute Gasteiger partial charge is 0.478 e. The Balaban J connectivity index is 1.98. The lowest BCUT2D eigenvalue weighted by Crippen LogP contribution is -2.39. The maximum atomic E-state index is 11.8. The van der Waals surface area contributed by atoms with Crippen LogP contribution in [0.1, 0.15) is 34.7 Å². The minimum atomic E-state index is -1.01. The zero-order valence-corrected chi connectivity index (χ0v) is 11.0. The number of piperidine rings is 1. The van der Waals surface area contributed by atoms with E-state index in [9.17, 15) is 14.4 Å². The third-order valence-corrected chi connectivity index (χ3v) is 3.59. The fourth-order valence-electron chi connectivity index (χ4n) is 2.47. The summed E-state index contributed by atoms with van der Waals surface area (Å²) in [5.41, 5.74) is 1.46. The third-order valence-electron chi connectivity index (χ3n) is 3.59. The van der Waals surface area contributed by atoms with Crippen LogP contribution >= 0.6 is 0 Å². The number of fused-ring (bicyclic) bond motifs is 1. The van der Waals surface area contributed by atoms with Crippen LogP contribution in [0, 0.1) is 0 Å². The molecule has 21 heavy (non-hydrogen) atoms. The molecule has 0 bridgehead atoms. The van der Waals surface area contributed by atoms with E-state index in [1.165, 1.54) is 12.1 Å². The smallest absolute Gasteiger partial charge is 0.335 e. The van der Waals surface area contributed by atoms with Crippen molar-refractivity contribution in [2.75, 3.05) is 0 Å². The molecule has 0 aliphatic carbocycles. The van der Waals surface area contributed by atoms with Gasteiger partial charge in [-0.25, -0.2) is 4.79 Å². The number of carboxylic acid groups (broad SMARTS) is 1. The van der Waals surface area contributed by atoms with Crippen molar-refractivity contribution >= 4 is 28.7 Å². The Morgan fingerprint density at radius 3 is 2.81 bits per heavy atom. The summed E-state index contributed by atoms with van der Waals surface area (Å²) in [6, 6.07) is 6.47. The molecule has 1 fully saturated rings. The van der Waals surface area contributed by atoms with Crippen LogP contribution in [-0.4, -0.2) is 27.9 Å². The average Bonchev–Trinajstić information content (AvgIpc) is 2.46. The normalized spacial score (nSPS) is 18.6. The molecule has 1 aliphatic rings. The minimum Gasteiger partial charge on any atom is -0.478 e. The fraction of sp³-hybridized carbons (Fsp3) is 0.200. The van der Waals surface area contributed by atoms with Gasteiger partial charge in [0.15, 0.2) is 0 Å². The van der Waals surface area contributed by atoms with Crippen LogP contribution in [0.3, 0.4) is 0 Å². The molecule has 0 radical (unpaired) electrons. The van der Waals surface area contributed by atoms with Crippen molar-refractivity contribution in [3.8, 4) is 0 Å². The van der Waals surface area contributed by atoms with Gasteiger partial charge in [-0.2, -0.15) is 0 Å². The van der Waals surface area contributed by atoms with E-state index in [0.29, 0.717) is 18.4 Å². The number of benzene rings is 1. The van der Waals surface area contributed by atoms with E-state index in [2.05, 4.69) is 10.3 Å². The summed E-state index contributed by atoms with van der Waals surface area (Å²) in [5.74, 6) is -1.96. The number of nitrogens with one attached hydrogen (secondary N) is 1. The highest BCUT2D eigenvalue weighted by Gasteiger charge is 2.28. The molecule has 2 aromatic rings. The molecule has 0 spiro atoms. The Hall–Kier alpha value is -2.76. The molecule has 3 rings (SSSR count). The molecule has 6 heteroatoms. The van der Waals surface area contributed by atoms with Gasteiger partial charge >= 0.3 is 5.97 Å². The molecule has 2 N–H and O–H groups in total. The van der Waals surface area contributed by atoms with Crippen molar-refractivity contribution in [1.29, 1.82) is 0 Å². The topological polar surface area (TPSA) is 96.4 Å². The Bertz CT molecular complexity index is 769. The Kier molecular flexibility index (Phi) is 3.13.